The summed E-state index contributed by atoms with van der Waals surface area (Å²) in [6, 6.07) is 6.86. The van der Waals surface area contributed by atoms with Crippen LogP contribution in [0, 0.1) is 35.0 Å². The fourth-order valence-electron chi connectivity index (χ4n) is 9.14. The van der Waals surface area contributed by atoms with Crippen LogP contribution in [0.3, 0.4) is 0 Å². The molecule has 6 heteroatoms. The number of esters is 1. The second-order valence-corrected chi connectivity index (χ2v) is 14.8. The summed E-state index contributed by atoms with van der Waals surface area (Å²) < 4.78 is 9.15. The minimum atomic E-state index is -0.345. The lowest BCUT2D eigenvalue weighted by molar-refractivity contribution is -0.146. The molecule has 44 heavy (non-hydrogen) atoms. The van der Waals surface area contributed by atoms with Crippen molar-refractivity contribution in [3.8, 4) is 0 Å². The van der Waals surface area contributed by atoms with E-state index in [-0.39, 0.29) is 34.6 Å². The first-order valence-corrected chi connectivity index (χ1v) is 17.0. The Balaban J connectivity index is 1.42. The number of hydrogen-bond donors (Lipinski definition) is 0. The average Bonchev–Trinajstić information content (AvgIpc) is 3.36. The monoisotopic (exact) mass is 598 g/mol. The molecule has 0 spiro atoms. The average molecular weight is 599 g/mol. The Morgan fingerprint density at radius 1 is 1.00 bits per heavy atom. The molecule has 1 aliphatic heterocycles. The number of rotatable bonds is 6. The van der Waals surface area contributed by atoms with Crippen LogP contribution in [0.1, 0.15) is 99.0 Å². The van der Waals surface area contributed by atoms with E-state index >= 15 is 0 Å². The van der Waals surface area contributed by atoms with Crippen LogP contribution in [0.4, 0.5) is 0 Å². The molecule has 2 aromatic rings. The van der Waals surface area contributed by atoms with Gasteiger partial charge in [-0.1, -0.05) is 70.6 Å². The molecule has 2 heterocycles. The maximum Gasteiger partial charge on any atom is 0.302 e. The maximum absolute atomic E-state index is 14.2. The van der Waals surface area contributed by atoms with Crippen molar-refractivity contribution in [3.63, 3.8) is 0 Å². The predicted octanol–water partition coefficient (Wildman–Crippen LogP) is 7.76. The van der Waals surface area contributed by atoms with E-state index in [0.29, 0.717) is 53.3 Å². The van der Waals surface area contributed by atoms with Gasteiger partial charge in [-0.15, -0.1) is 0 Å². The Bertz CT molecular complexity index is 1650. The number of benzene rings is 1. The molecule has 6 nitrogen and oxygen atoms in total. The molecule has 0 radical (unpaired) electrons. The summed E-state index contributed by atoms with van der Waals surface area (Å²) >= 11 is 0. The molecule has 1 aromatic carbocycles. The highest BCUT2D eigenvalue weighted by Gasteiger charge is 2.50. The van der Waals surface area contributed by atoms with Crippen LogP contribution < -0.4 is 11.1 Å². The molecule has 0 amide bonds. The molecule has 2 fully saturated rings. The first-order chi connectivity index (χ1) is 21.0. The summed E-state index contributed by atoms with van der Waals surface area (Å²) in [4.78, 5) is 39.9. The van der Waals surface area contributed by atoms with E-state index in [9.17, 15) is 14.4 Å². The molecule has 0 saturated heterocycles. The lowest BCUT2D eigenvalue weighted by atomic mass is 9.61. The van der Waals surface area contributed by atoms with Gasteiger partial charge in [0.25, 0.3) is 11.1 Å². The zero-order valence-corrected chi connectivity index (χ0v) is 27.5. The van der Waals surface area contributed by atoms with Crippen molar-refractivity contribution in [2.45, 2.75) is 112 Å². The predicted molar refractivity (Wildman–Crippen MR) is 176 cm³/mol. The molecule has 7 atom stereocenters. The molecule has 0 N–H and O–H groups in total. The van der Waals surface area contributed by atoms with Crippen LogP contribution in [0.2, 0.25) is 0 Å². The highest BCUT2D eigenvalue weighted by Crippen LogP contribution is 2.60. The topological polar surface area (TPSA) is 70.3 Å². The van der Waals surface area contributed by atoms with Crippen LogP contribution in [0.15, 0.2) is 68.8 Å². The summed E-state index contributed by atoms with van der Waals surface area (Å²) in [5.74, 6) is 2.55. The first-order valence-electron chi connectivity index (χ1n) is 17.0. The van der Waals surface area contributed by atoms with Gasteiger partial charge in [0.2, 0.25) is 0 Å². The molecular formula is C38H50N2O4. The van der Waals surface area contributed by atoms with Gasteiger partial charge in [0.1, 0.15) is 6.10 Å². The van der Waals surface area contributed by atoms with E-state index in [1.54, 1.807) is 21.5 Å². The van der Waals surface area contributed by atoms with E-state index < -0.39 is 0 Å². The largest absolute Gasteiger partial charge is 0.462 e. The summed E-state index contributed by atoms with van der Waals surface area (Å²) in [6.45, 7) is 13.7. The fraction of sp³-hybridized carbons (Fsp3) is 0.605. The van der Waals surface area contributed by atoms with Crippen molar-refractivity contribution in [3.05, 3.63) is 79.9 Å². The van der Waals surface area contributed by atoms with Crippen LogP contribution in [0.5, 0.6) is 0 Å². The van der Waals surface area contributed by atoms with Crippen LogP contribution >= 0.6 is 0 Å². The van der Waals surface area contributed by atoms with Gasteiger partial charge in [0, 0.05) is 13.3 Å². The lowest BCUT2D eigenvalue weighted by Gasteiger charge is -2.45. The third-order valence-electron chi connectivity index (χ3n) is 11.9. The number of aromatic nitrogens is 2. The molecule has 236 valence electrons. The first kappa shape index (κ1) is 30.9. The number of ether oxygens (including phenoxy) is 1. The summed E-state index contributed by atoms with van der Waals surface area (Å²) in [5.41, 5.74) is 3.80. The van der Waals surface area contributed by atoms with Crippen molar-refractivity contribution >= 4 is 16.7 Å². The number of allylic oxidation sites excluding steroid dienone is 5. The standard InChI is InChI=1S/C38H50N2O4/c1-23(2)24(3)13-14-25(4)33-17-18-34-27(10-9-19-38(33,34)6)20-35-32-21-29(44-26(5)41)16-15-28(32)22-39-36(42)30-11-7-8-12-31(30)37(43)40(35)39/h7-8,11-14,20,23-25,29,33-35H,9-10,15-19,21-22H2,1-6H3/b14-13+,27-20+. The smallest absolute Gasteiger partial charge is 0.302 e. The van der Waals surface area contributed by atoms with Gasteiger partial charge < -0.3 is 4.74 Å². The number of nitrogens with zero attached hydrogens (tertiary/aromatic N) is 2. The fourth-order valence-corrected chi connectivity index (χ4v) is 9.14. The molecule has 3 aliphatic carbocycles. The summed E-state index contributed by atoms with van der Waals surface area (Å²) in [6.07, 6.45) is 15.0. The van der Waals surface area contributed by atoms with Gasteiger partial charge in [-0.2, -0.15) is 0 Å². The van der Waals surface area contributed by atoms with Crippen LogP contribution in [-0.4, -0.2) is 21.4 Å². The second-order valence-electron chi connectivity index (χ2n) is 14.8. The van der Waals surface area contributed by atoms with E-state index in [4.69, 9.17) is 4.74 Å². The SMILES string of the molecule is CC(=O)OC1CCC2=C(C1)C(/C=C1\CCCC3(C)C1CCC3C(C)/C=C/C(C)C(C)C)n1c(=O)c3ccccc3c(=O)n1C2. The zero-order chi connectivity index (χ0) is 31.3. The third-order valence-corrected chi connectivity index (χ3v) is 11.9. The number of hydrogen-bond acceptors (Lipinski definition) is 4. The van der Waals surface area contributed by atoms with Gasteiger partial charge in [-0.05, 0) is 103 Å². The van der Waals surface area contributed by atoms with Crippen molar-refractivity contribution in [1.82, 2.24) is 9.36 Å². The van der Waals surface area contributed by atoms with E-state index in [2.05, 4.69) is 52.8 Å². The van der Waals surface area contributed by atoms with Gasteiger partial charge >= 0.3 is 5.97 Å². The Kier molecular flexibility index (Phi) is 8.40. The van der Waals surface area contributed by atoms with Gasteiger partial charge in [-0.3, -0.25) is 14.4 Å². The Morgan fingerprint density at radius 2 is 1.73 bits per heavy atom. The Labute approximate surface area is 261 Å². The summed E-state index contributed by atoms with van der Waals surface area (Å²) in [5, 5.41) is 0.953. The molecule has 6 rings (SSSR count). The number of fused-ring (bicyclic) bond motifs is 3. The number of carbonyl (C=O) groups is 1. The molecular weight excluding hydrogens is 548 g/mol. The van der Waals surface area contributed by atoms with Gasteiger partial charge in [-0.25, -0.2) is 9.36 Å². The van der Waals surface area contributed by atoms with E-state index in [1.807, 2.05) is 12.1 Å². The van der Waals surface area contributed by atoms with Gasteiger partial charge in [0.15, 0.2) is 0 Å². The van der Waals surface area contributed by atoms with Crippen LogP contribution in [-0.2, 0) is 16.1 Å². The summed E-state index contributed by atoms with van der Waals surface area (Å²) in [7, 11) is 0. The number of carbonyl (C=O) groups excluding carboxylic acids is 1. The Hall–Kier alpha value is -3.15. The van der Waals surface area contributed by atoms with Gasteiger partial charge in [0.05, 0.1) is 23.4 Å². The zero-order valence-electron chi connectivity index (χ0n) is 27.5. The van der Waals surface area contributed by atoms with Crippen LogP contribution in [0.25, 0.3) is 10.8 Å². The maximum atomic E-state index is 14.2. The normalized spacial score (nSPS) is 30.8. The van der Waals surface area contributed by atoms with E-state index in [1.165, 1.54) is 37.3 Å². The Morgan fingerprint density at radius 3 is 2.43 bits per heavy atom. The quantitative estimate of drug-likeness (QED) is 0.252. The second kappa shape index (κ2) is 12.0. The van der Waals surface area contributed by atoms with E-state index in [0.717, 1.165) is 31.3 Å². The van der Waals surface area contributed by atoms with Crippen molar-refractivity contribution in [2.75, 3.05) is 0 Å². The van der Waals surface area contributed by atoms with Crippen molar-refractivity contribution < 1.29 is 9.53 Å². The molecule has 4 aliphatic rings. The highest BCUT2D eigenvalue weighted by molar-refractivity contribution is 5.80. The van der Waals surface area contributed by atoms with Crippen molar-refractivity contribution in [2.24, 2.45) is 35.0 Å². The highest BCUT2D eigenvalue weighted by atomic mass is 16.5. The molecule has 2 saturated carbocycles. The van der Waals surface area contributed by atoms with Crippen molar-refractivity contribution in [1.29, 1.82) is 0 Å². The minimum absolute atomic E-state index is 0.108. The lowest BCUT2D eigenvalue weighted by Crippen LogP contribution is -2.46. The third kappa shape index (κ3) is 5.37. The minimum Gasteiger partial charge on any atom is -0.462 e. The molecule has 7 unspecified atom stereocenters. The molecule has 0 bridgehead atoms. The molecule has 1 aromatic heterocycles.